The molecule has 1 aromatic carbocycles. The molecule has 0 bridgehead atoms. The highest BCUT2D eigenvalue weighted by atomic mass is 16.5. The van der Waals surface area contributed by atoms with Gasteiger partial charge < -0.3 is 9.47 Å². The van der Waals surface area contributed by atoms with Crippen LogP contribution in [-0.4, -0.2) is 34.8 Å². The molecule has 0 aliphatic rings. The Morgan fingerprint density at radius 1 is 1.26 bits per heavy atom. The molecule has 0 fully saturated rings. The van der Waals surface area contributed by atoms with Gasteiger partial charge in [-0.1, -0.05) is 13.0 Å². The van der Waals surface area contributed by atoms with E-state index in [0.717, 1.165) is 28.9 Å². The molecule has 0 spiro atoms. The molecule has 23 heavy (non-hydrogen) atoms. The van der Waals surface area contributed by atoms with Crippen LogP contribution in [0.3, 0.4) is 0 Å². The maximum Gasteiger partial charge on any atom is 0.341 e. The second-order valence-corrected chi connectivity index (χ2v) is 5.01. The summed E-state index contributed by atoms with van der Waals surface area (Å²) >= 11 is 0. The van der Waals surface area contributed by atoms with Crippen LogP contribution in [0.2, 0.25) is 0 Å². The van der Waals surface area contributed by atoms with E-state index in [4.69, 9.17) is 9.47 Å². The van der Waals surface area contributed by atoms with E-state index in [9.17, 15) is 4.79 Å². The van der Waals surface area contributed by atoms with Crippen molar-refractivity contribution in [2.45, 2.75) is 13.3 Å². The molecule has 6 nitrogen and oxygen atoms in total. The van der Waals surface area contributed by atoms with Gasteiger partial charge in [-0.15, -0.1) is 0 Å². The highest BCUT2D eigenvalue weighted by Gasteiger charge is 2.14. The van der Waals surface area contributed by atoms with Crippen LogP contribution in [-0.2, 0) is 11.2 Å². The number of esters is 1. The van der Waals surface area contributed by atoms with E-state index in [1.54, 1.807) is 16.6 Å². The number of aryl methyl sites for hydroxylation is 1. The smallest absolute Gasteiger partial charge is 0.341 e. The molecule has 6 heteroatoms. The lowest BCUT2D eigenvalue weighted by Gasteiger charge is -2.09. The summed E-state index contributed by atoms with van der Waals surface area (Å²) in [5.74, 6) is 0.0288. The molecule has 0 saturated heterocycles. The Morgan fingerprint density at radius 3 is 2.78 bits per heavy atom. The van der Waals surface area contributed by atoms with E-state index in [0.29, 0.717) is 11.3 Å². The number of methoxy groups -OCH3 is 2. The number of nitrogens with zero attached hydrogens (tertiary/aromatic N) is 3. The second-order valence-electron chi connectivity index (χ2n) is 5.01. The Kier molecular flexibility index (Phi) is 3.97. The predicted octanol–water partition coefficient (Wildman–Crippen LogP) is 2.75. The monoisotopic (exact) mass is 311 g/mol. The average Bonchev–Trinajstić information content (AvgIpc) is 3.02. The Hall–Kier alpha value is -2.89. The largest absolute Gasteiger partial charge is 0.496 e. The normalized spacial score (nSPS) is 10.7. The average molecular weight is 311 g/mol. The van der Waals surface area contributed by atoms with Crippen molar-refractivity contribution >= 4 is 11.6 Å². The van der Waals surface area contributed by atoms with E-state index >= 15 is 0 Å². The summed E-state index contributed by atoms with van der Waals surface area (Å²) in [6.07, 6.45) is 4.56. The lowest BCUT2D eigenvalue weighted by atomic mass is 10.1. The molecule has 3 rings (SSSR count). The molecule has 0 unspecified atom stereocenters. The van der Waals surface area contributed by atoms with E-state index in [1.165, 1.54) is 14.2 Å². The van der Waals surface area contributed by atoms with E-state index in [-0.39, 0.29) is 0 Å². The van der Waals surface area contributed by atoms with Gasteiger partial charge in [-0.2, -0.15) is 5.10 Å². The van der Waals surface area contributed by atoms with Gasteiger partial charge in [-0.05, 0) is 24.6 Å². The van der Waals surface area contributed by atoms with E-state index in [2.05, 4.69) is 17.0 Å². The van der Waals surface area contributed by atoms with Gasteiger partial charge >= 0.3 is 5.97 Å². The molecule has 118 valence electrons. The summed E-state index contributed by atoms with van der Waals surface area (Å²) in [6.45, 7) is 2.07. The summed E-state index contributed by atoms with van der Waals surface area (Å²) in [5, 5.41) is 4.27. The highest BCUT2D eigenvalue weighted by Crippen LogP contribution is 2.27. The molecular weight excluding hydrogens is 294 g/mol. The Labute approximate surface area is 133 Å². The number of hydrogen-bond acceptors (Lipinski definition) is 5. The zero-order chi connectivity index (χ0) is 16.4. The van der Waals surface area contributed by atoms with Gasteiger partial charge in [0.1, 0.15) is 11.3 Å². The molecule has 2 heterocycles. The van der Waals surface area contributed by atoms with Crippen LogP contribution in [0, 0.1) is 0 Å². The molecule has 0 radical (unpaired) electrons. The summed E-state index contributed by atoms with van der Waals surface area (Å²) < 4.78 is 11.8. The minimum absolute atomic E-state index is 0.387. The number of fused-ring (bicyclic) bond motifs is 1. The quantitative estimate of drug-likeness (QED) is 0.693. The molecule has 0 atom stereocenters. The third-order valence-corrected chi connectivity index (χ3v) is 3.73. The Balaban J connectivity index is 2.09. The molecule has 0 N–H and O–H groups in total. The summed E-state index contributed by atoms with van der Waals surface area (Å²) in [5.41, 5.74) is 3.96. The van der Waals surface area contributed by atoms with Crippen LogP contribution >= 0.6 is 0 Å². The number of rotatable bonds is 4. The number of ether oxygens (including phenoxy) is 2. The molecule has 0 aliphatic heterocycles. The van der Waals surface area contributed by atoms with Crippen molar-refractivity contribution in [2.75, 3.05) is 14.2 Å². The first-order chi connectivity index (χ1) is 11.2. The van der Waals surface area contributed by atoms with Crippen LogP contribution in [0.5, 0.6) is 5.75 Å². The highest BCUT2D eigenvalue weighted by molar-refractivity contribution is 5.93. The number of hydrogen-bond donors (Lipinski definition) is 0. The van der Waals surface area contributed by atoms with Crippen molar-refractivity contribution in [3.63, 3.8) is 0 Å². The van der Waals surface area contributed by atoms with Gasteiger partial charge in [0.15, 0.2) is 5.65 Å². The number of carbonyl (C=O) groups excluding carboxylic acids is 1. The molecule has 3 aromatic rings. The van der Waals surface area contributed by atoms with Crippen LogP contribution < -0.4 is 4.74 Å². The van der Waals surface area contributed by atoms with Crippen molar-refractivity contribution in [3.8, 4) is 17.0 Å². The summed E-state index contributed by atoms with van der Waals surface area (Å²) in [4.78, 5) is 16.4. The zero-order valence-corrected chi connectivity index (χ0v) is 13.2. The van der Waals surface area contributed by atoms with Gasteiger partial charge in [-0.25, -0.2) is 14.3 Å². The van der Waals surface area contributed by atoms with Crippen molar-refractivity contribution in [2.24, 2.45) is 0 Å². The third kappa shape index (κ3) is 2.63. The van der Waals surface area contributed by atoms with Gasteiger partial charge in [0.2, 0.25) is 0 Å². The lowest BCUT2D eigenvalue weighted by molar-refractivity contribution is 0.0597. The van der Waals surface area contributed by atoms with Crippen LogP contribution in [0.25, 0.3) is 16.9 Å². The number of benzene rings is 1. The van der Waals surface area contributed by atoms with Crippen molar-refractivity contribution < 1.29 is 14.3 Å². The SMILES string of the molecule is CCc1cnn2ccc(-c3ccc(C(=O)OC)c(OC)c3)nc12. The summed E-state index contributed by atoms with van der Waals surface area (Å²) in [6, 6.07) is 7.18. The van der Waals surface area contributed by atoms with Gasteiger partial charge in [0.05, 0.1) is 26.1 Å². The Bertz CT molecular complexity index is 871. The van der Waals surface area contributed by atoms with E-state index in [1.807, 2.05) is 24.5 Å². The molecule has 2 aromatic heterocycles. The van der Waals surface area contributed by atoms with Gasteiger partial charge in [0.25, 0.3) is 0 Å². The summed E-state index contributed by atoms with van der Waals surface area (Å²) in [7, 11) is 2.87. The fourth-order valence-corrected chi connectivity index (χ4v) is 2.46. The topological polar surface area (TPSA) is 65.7 Å². The molecule has 0 amide bonds. The third-order valence-electron chi connectivity index (χ3n) is 3.73. The molecule has 0 saturated carbocycles. The predicted molar refractivity (Wildman–Crippen MR) is 85.7 cm³/mol. The standard InChI is InChI=1S/C17H17N3O3/c1-4-11-10-18-20-8-7-14(19-16(11)20)12-5-6-13(17(21)23-3)15(9-12)22-2/h5-10H,4H2,1-3H3. The first-order valence-corrected chi connectivity index (χ1v) is 7.28. The maximum absolute atomic E-state index is 11.7. The first kappa shape index (κ1) is 15.0. The number of carbonyl (C=O) groups is 1. The fourth-order valence-electron chi connectivity index (χ4n) is 2.46. The van der Waals surface area contributed by atoms with E-state index < -0.39 is 5.97 Å². The Morgan fingerprint density at radius 2 is 2.09 bits per heavy atom. The van der Waals surface area contributed by atoms with Crippen molar-refractivity contribution in [1.29, 1.82) is 0 Å². The van der Waals surface area contributed by atoms with Crippen molar-refractivity contribution in [1.82, 2.24) is 14.6 Å². The molecule has 0 aliphatic carbocycles. The van der Waals surface area contributed by atoms with Crippen LogP contribution in [0.4, 0.5) is 0 Å². The molecular formula is C17H17N3O3. The fraction of sp³-hybridized carbons (Fsp3) is 0.235. The van der Waals surface area contributed by atoms with Crippen molar-refractivity contribution in [3.05, 3.63) is 47.8 Å². The van der Waals surface area contributed by atoms with Gasteiger partial charge in [0, 0.05) is 17.3 Å². The van der Waals surface area contributed by atoms with Crippen LogP contribution in [0.1, 0.15) is 22.8 Å². The maximum atomic E-state index is 11.7. The van der Waals surface area contributed by atoms with Gasteiger partial charge in [-0.3, -0.25) is 0 Å². The second kappa shape index (κ2) is 6.08. The number of aromatic nitrogens is 3. The zero-order valence-electron chi connectivity index (χ0n) is 13.2. The lowest BCUT2D eigenvalue weighted by Crippen LogP contribution is -2.04. The minimum Gasteiger partial charge on any atom is -0.496 e. The van der Waals surface area contributed by atoms with Crippen LogP contribution in [0.15, 0.2) is 36.7 Å². The first-order valence-electron chi connectivity index (χ1n) is 7.28. The minimum atomic E-state index is -0.430.